The molecule has 0 fully saturated rings. The van der Waals surface area contributed by atoms with E-state index < -0.39 is 0 Å². The van der Waals surface area contributed by atoms with Gasteiger partial charge < -0.3 is 4.74 Å². The Hall–Kier alpha value is -3.06. The quantitative estimate of drug-likeness (QED) is 0.413. The van der Waals surface area contributed by atoms with Crippen molar-refractivity contribution in [2.24, 2.45) is 4.99 Å². The highest BCUT2D eigenvalue weighted by Gasteiger charge is 2.22. The monoisotopic (exact) mass is 466 g/mol. The van der Waals surface area contributed by atoms with Crippen molar-refractivity contribution in [1.29, 1.82) is 0 Å². The molecule has 0 aliphatic carbocycles. The molecule has 1 unspecified atom stereocenters. The lowest BCUT2D eigenvalue weighted by atomic mass is 10.0. The van der Waals surface area contributed by atoms with Crippen molar-refractivity contribution in [1.82, 2.24) is 15.1 Å². The zero-order chi connectivity index (χ0) is 22.1. The summed E-state index contributed by atoms with van der Waals surface area (Å²) >= 11 is 12.6. The molecule has 3 heterocycles. The predicted molar refractivity (Wildman–Crippen MR) is 126 cm³/mol. The third-order valence-corrected chi connectivity index (χ3v) is 5.75. The lowest BCUT2D eigenvalue weighted by molar-refractivity contribution is 0.0623. The van der Waals surface area contributed by atoms with E-state index in [4.69, 9.17) is 37.8 Å². The van der Waals surface area contributed by atoms with Crippen molar-refractivity contribution >= 4 is 34.6 Å². The van der Waals surface area contributed by atoms with E-state index in [1.54, 1.807) is 16.6 Å². The molecule has 32 heavy (non-hydrogen) atoms. The molecule has 2 aromatic heterocycles. The number of benzene rings is 2. The van der Waals surface area contributed by atoms with Gasteiger partial charge in [0.2, 0.25) is 5.88 Å². The highest BCUT2D eigenvalue weighted by atomic mass is 35.5. The molecule has 1 atom stereocenters. The number of aliphatic imine (C=N–C) groups is 1. The zero-order valence-corrected chi connectivity index (χ0v) is 18.8. The number of hydrogen-bond donors (Lipinski definition) is 1. The fraction of sp³-hybridized carbons (Fsp3) is 0.167. The Bertz CT molecular complexity index is 1320. The maximum atomic E-state index is 6.43. The SMILES string of the molecule is Cc1ccc(CC2CONC(c3cc4cccn4nc3Oc3cccc(Cl)c3)=N2)c(Cl)c1. The number of fused-ring (bicyclic) bond motifs is 1. The Kier molecular flexibility index (Phi) is 5.74. The molecule has 2 aromatic carbocycles. The van der Waals surface area contributed by atoms with Gasteiger partial charge in [-0.15, -0.1) is 5.10 Å². The van der Waals surface area contributed by atoms with Crippen LogP contribution in [0.25, 0.3) is 5.52 Å². The first-order chi connectivity index (χ1) is 15.5. The van der Waals surface area contributed by atoms with Crippen molar-refractivity contribution < 1.29 is 9.57 Å². The Labute approximate surface area is 195 Å². The van der Waals surface area contributed by atoms with E-state index in [9.17, 15) is 0 Å². The standard InChI is InChI=1S/C24H20Cl2N4O2/c1-15-7-8-16(22(26)10-15)11-18-14-31-29-23(27-18)21-13-19-5-3-9-30(19)28-24(21)32-20-6-2-4-17(25)12-20/h2-10,12-13,18H,11,14H2,1H3,(H,27,29). The molecule has 5 rings (SSSR count). The van der Waals surface area contributed by atoms with Gasteiger partial charge in [0.05, 0.1) is 23.7 Å². The van der Waals surface area contributed by atoms with Gasteiger partial charge in [0, 0.05) is 16.2 Å². The van der Waals surface area contributed by atoms with Crippen molar-refractivity contribution in [3.05, 3.63) is 93.6 Å². The topological polar surface area (TPSA) is 60.2 Å². The summed E-state index contributed by atoms with van der Waals surface area (Å²) < 4.78 is 7.84. The lowest BCUT2D eigenvalue weighted by Gasteiger charge is -2.23. The second-order valence-corrected chi connectivity index (χ2v) is 8.49. The van der Waals surface area contributed by atoms with Gasteiger partial charge >= 0.3 is 0 Å². The second-order valence-electron chi connectivity index (χ2n) is 7.64. The Morgan fingerprint density at radius 1 is 1.12 bits per heavy atom. The normalized spacial score (nSPS) is 16.0. The van der Waals surface area contributed by atoms with Gasteiger partial charge in [0.1, 0.15) is 5.75 Å². The number of aromatic nitrogens is 2. The summed E-state index contributed by atoms with van der Waals surface area (Å²) in [5, 5.41) is 5.94. The van der Waals surface area contributed by atoms with E-state index in [1.165, 1.54) is 0 Å². The fourth-order valence-corrected chi connectivity index (χ4v) is 4.09. The van der Waals surface area contributed by atoms with Crippen LogP contribution in [-0.2, 0) is 11.3 Å². The largest absolute Gasteiger partial charge is 0.437 e. The molecule has 0 spiro atoms. The molecule has 6 nitrogen and oxygen atoms in total. The minimum absolute atomic E-state index is 0.103. The highest BCUT2D eigenvalue weighted by Crippen LogP contribution is 2.28. The van der Waals surface area contributed by atoms with Crippen LogP contribution in [0.3, 0.4) is 0 Å². The van der Waals surface area contributed by atoms with Crippen LogP contribution in [0, 0.1) is 6.92 Å². The van der Waals surface area contributed by atoms with Gasteiger partial charge in [-0.25, -0.2) is 10.00 Å². The van der Waals surface area contributed by atoms with Gasteiger partial charge in [-0.3, -0.25) is 9.83 Å². The number of rotatable bonds is 5. The first kappa shape index (κ1) is 20.8. The van der Waals surface area contributed by atoms with Gasteiger partial charge in [-0.2, -0.15) is 0 Å². The summed E-state index contributed by atoms with van der Waals surface area (Å²) in [5.41, 5.74) is 6.69. The number of nitrogens with zero attached hydrogens (tertiary/aromatic N) is 3. The van der Waals surface area contributed by atoms with Crippen LogP contribution in [0.5, 0.6) is 11.6 Å². The van der Waals surface area contributed by atoms with Gasteiger partial charge in [-0.1, -0.05) is 41.4 Å². The predicted octanol–water partition coefficient (Wildman–Crippen LogP) is 5.63. The average Bonchev–Trinajstić information content (AvgIpc) is 3.23. The van der Waals surface area contributed by atoms with E-state index in [1.807, 2.05) is 55.6 Å². The van der Waals surface area contributed by atoms with Crippen LogP contribution in [0.15, 0.2) is 71.9 Å². The van der Waals surface area contributed by atoms with Crippen LogP contribution < -0.4 is 10.2 Å². The van der Waals surface area contributed by atoms with Crippen molar-refractivity contribution in [2.45, 2.75) is 19.4 Å². The van der Waals surface area contributed by atoms with Crippen molar-refractivity contribution in [3.8, 4) is 11.6 Å². The first-order valence-electron chi connectivity index (χ1n) is 10.2. The minimum atomic E-state index is -0.103. The van der Waals surface area contributed by atoms with E-state index >= 15 is 0 Å². The molecule has 8 heteroatoms. The summed E-state index contributed by atoms with van der Waals surface area (Å²) in [4.78, 5) is 10.6. The van der Waals surface area contributed by atoms with Crippen LogP contribution >= 0.6 is 23.2 Å². The molecule has 4 aromatic rings. The summed E-state index contributed by atoms with van der Waals surface area (Å²) in [6.45, 7) is 2.45. The van der Waals surface area contributed by atoms with Crippen molar-refractivity contribution in [2.75, 3.05) is 6.61 Å². The maximum absolute atomic E-state index is 6.43. The zero-order valence-electron chi connectivity index (χ0n) is 17.3. The Morgan fingerprint density at radius 2 is 2.03 bits per heavy atom. The number of nitrogens with one attached hydrogen (secondary N) is 1. The minimum Gasteiger partial charge on any atom is -0.437 e. The van der Waals surface area contributed by atoms with E-state index in [0.717, 1.165) is 21.7 Å². The van der Waals surface area contributed by atoms with E-state index in [0.29, 0.717) is 41.1 Å². The van der Waals surface area contributed by atoms with Gasteiger partial charge in [0.15, 0.2) is 5.84 Å². The molecule has 162 valence electrons. The molecular weight excluding hydrogens is 447 g/mol. The molecule has 0 bridgehead atoms. The fourth-order valence-electron chi connectivity index (χ4n) is 3.59. The molecule has 1 N–H and O–H groups in total. The highest BCUT2D eigenvalue weighted by molar-refractivity contribution is 6.31. The third-order valence-electron chi connectivity index (χ3n) is 5.17. The maximum Gasteiger partial charge on any atom is 0.248 e. The number of hydroxylamine groups is 1. The molecule has 0 saturated carbocycles. The third kappa shape index (κ3) is 4.43. The number of ether oxygens (including phenoxy) is 1. The Balaban J connectivity index is 1.50. The molecule has 0 radical (unpaired) electrons. The van der Waals surface area contributed by atoms with Crippen LogP contribution in [0.4, 0.5) is 0 Å². The summed E-state index contributed by atoms with van der Waals surface area (Å²) in [6.07, 6.45) is 2.52. The lowest BCUT2D eigenvalue weighted by Crippen LogP contribution is -2.37. The molecule has 1 aliphatic rings. The van der Waals surface area contributed by atoms with E-state index in [2.05, 4.69) is 16.6 Å². The van der Waals surface area contributed by atoms with Gasteiger partial charge in [-0.05, 0) is 66.9 Å². The van der Waals surface area contributed by atoms with Crippen LogP contribution in [-0.4, -0.2) is 28.1 Å². The average molecular weight is 467 g/mol. The van der Waals surface area contributed by atoms with Gasteiger partial charge in [0.25, 0.3) is 0 Å². The molecule has 1 aliphatic heterocycles. The molecular formula is C24H20Cl2N4O2. The summed E-state index contributed by atoms with van der Waals surface area (Å²) in [7, 11) is 0. The van der Waals surface area contributed by atoms with Crippen LogP contribution in [0.2, 0.25) is 10.0 Å². The number of halogens is 2. The second kappa shape index (κ2) is 8.82. The smallest absolute Gasteiger partial charge is 0.248 e. The summed E-state index contributed by atoms with van der Waals surface area (Å²) in [6, 6.07) is 19.0. The first-order valence-corrected chi connectivity index (χ1v) is 10.9. The summed E-state index contributed by atoms with van der Waals surface area (Å²) in [5.74, 6) is 1.52. The van der Waals surface area contributed by atoms with E-state index in [-0.39, 0.29) is 6.04 Å². The molecule has 0 amide bonds. The number of hydrogen-bond acceptors (Lipinski definition) is 5. The Morgan fingerprint density at radius 3 is 2.88 bits per heavy atom. The number of aryl methyl sites for hydroxylation is 1. The van der Waals surface area contributed by atoms with Crippen molar-refractivity contribution in [3.63, 3.8) is 0 Å². The number of amidine groups is 1. The molecule has 0 saturated heterocycles. The van der Waals surface area contributed by atoms with Crippen LogP contribution in [0.1, 0.15) is 16.7 Å².